The minimum atomic E-state index is -0.748. The first-order chi connectivity index (χ1) is 8.92. The monoisotopic (exact) mass is 288 g/mol. The molecular formula is C14H21ClO4. The molecule has 0 N–H and O–H groups in total. The van der Waals surface area contributed by atoms with E-state index in [9.17, 15) is 9.59 Å². The van der Waals surface area contributed by atoms with E-state index in [0.29, 0.717) is 18.8 Å². The van der Waals surface area contributed by atoms with Gasteiger partial charge in [-0.25, -0.2) is 4.79 Å². The molecule has 0 saturated heterocycles. The van der Waals surface area contributed by atoms with Gasteiger partial charge in [-0.1, -0.05) is 25.5 Å². The lowest BCUT2D eigenvalue weighted by Crippen LogP contribution is -2.23. The van der Waals surface area contributed by atoms with E-state index in [-0.39, 0.29) is 18.0 Å². The molecule has 3 unspecified atom stereocenters. The van der Waals surface area contributed by atoms with Crippen LogP contribution >= 0.6 is 11.6 Å². The summed E-state index contributed by atoms with van der Waals surface area (Å²) in [5.41, 5.74) is 0.473. The van der Waals surface area contributed by atoms with Gasteiger partial charge in [-0.3, -0.25) is 4.79 Å². The van der Waals surface area contributed by atoms with Gasteiger partial charge in [0.25, 0.3) is 0 Å². The molecule has 0 aromatic rings. The lowest BCUT2D eigenvalue weighted by Gasteiger charge is -2.22. The molecule has 0 saturated carbocycles. The normalized spacial score (nSPS) is 27.2. The fraction of sp³-hybridized carbons (Fsp3) is 0.714. The fourth-order valence-corrected chi connectivity index (χ4v) is 2.63. The zero-order chi connectivity index (χ0) is 14.4. The molecule has 0 fully saturated rings. The van der Waals surface area contributed by atoms with Crippen LogP contribution in [0.2, 0.25) is 0 Å². The van der Waals surface area contributed by atoms with Gasteiger partial charge in [-0.2, -0.15) is 0 Å². The van der Waals surface area contributed by atoms with Gasteiger partial charge in [0, 0.05) is 18.0 Å². The fourth-order valence-electron chi connectivity index (χ4n) is 2.52. The molecule has 4 nitrogen and oxygen atoms in total. The van der Waals surface area contributed by atoms with E-state index >= 15 is 0 Å². The van der Waals surface area contributed by atoms with Crippen LogP contribution in [0.25, 0.3) is 0 Å². The van der Waals surface area contributed by atoms with Gasteiger partial charge in [0.2, 0.25) is 0 Å². The Morgan fingerprint density at radius 3 is 2.68 bits per heavy atom. The van der Waals surface area contributed by atoms with E-state index in [2.05, 4.69) is 17.7 Å². The third kappa shape index (κ3) is 5.64. The summed E-state index contributed by atoms with van der Waals surface area (Å²) in [6.45, 7) is 4.11. The van der Waals surface area contributed by atoms with Gasteiger partial charge < -0.3 is 9.47 Å². The molecule has 0 heterocycles. The number of carbonyl (C=O) groups excluding carboxylic acids is 2. The van der Waals surface area contributed by atoms with Crippen molar-refractivity contribution < 1.29 is 19.1 Å². The van der Waals surface area contributed by atoms with Crippen LogP contribution in [-0.4, -0.2) is 24.6 Å². The average molecular weight is 289 g/mol. The van der Waals surface area contributed by atoms with Crippen molar-refractivity contribution in [2.75, 3.05) is 7.11 Å². The number of methoxy groups -OCH3 is 1. The van der Waals surface area contributed by atoms with Gasteiger partial charge in [-0.05, 0) is 31.1 Å². The highest BCUT2D eigenvalue weighted by molar-refractivity contribution is 6.61. The van der Waals surface area contributed by atoms with Crippen molar-refractivity contribution in [2.24, 2.45) is 11.8 Å². The zero-order valence-corrected chi connectivity index (χ0v) is 12.4. The summed E-state index contributed by atoms with van der Waals surface area (Å²) in [6, 6.07) is 0. The molecule has 0 spiro atoms. The maximum Gasteiger partial charge on any atom is 0.404 e. The maximum atomic E-state index is 11.2. The topological polar surface area (TPSA) is 52.6 Å². The summed E-state index contributed by atoms with van der Waals surface area (Å²) in [5, 5.41) is 0. The first kappa shape index (κ1) is 16.0. The van der Waals surface area contributed by atoms with Crippen molar-refractivity contribution in [2.45, 2.75) is 45.6 Å². The summed E-state index contributed by atoms with van der Waals surface area (Å²) in [5.74, 6) is 0.310. The molecule has 0 aliphatic heterocycles. The molecule has 0 aromatic heterocycles. The second-order valence-electron chi connectivity index (χ2n) is 5.19. The highest BCUT2D eigenvalue weighted by Crippen LogP contribution is 2.31. The number of carbonyl (C=O) groups is 2. The Morgan fingerprint density at radius 1 is 1.42 bits per heavy atom. The summed E-state index contributed by atoms with van der Waals surface area (Å²) >= 11 is 5.30. The Labute approximate surface area is 119 Å². The predicted octanol–water partition coefficient (Wildman–Crippen LogP) is 3.68. The molecule has 19 heavy (non-hydrogen) atoms. The second-order valence-corrected chi connectivity index (χ2v) is 5.50. The minimum Gasteiger partial charge on any atom is -0.469 e. The van der Waals surface area contributed by atoms with Crippen LogP contribution in [-0.2, 0) is 14.3 Å². The summed E-state index contributed by atoms with van der Waals surface area (Å²) in [7, 11) is 1.39. The second kappa shape index (κ2) is 7.53. The lowest BCUT2D eigenvalue weighted by molar-refractivity contribution is -0.140. The Hall–Kier alpha value is -1.03. The van der Waals surface area contributed by atoms with Gasteiger partial charge in [0.15, 0.2) is 0 Å². The smallest absolute Gasteiger partial charge is 0.404 e. The van der Waals surface area contributed by atoms with E-state index in [4.69, 9.17) is 16.3 Å². The van der Waals surface area contributed by atoms with E-state index in [1.54, 1.807) is 0 Å². The standard InChI is InChI=1S/C14H21ClO4/c1-9-6-11(4-5-13(16)18-3)8-10(2)12(7-9)19-14(15)17/h6,9-10,12H,4-5,7-8H2,1-3H3. The van der Waals surface area contributed by atoms with E-state index in [1.165, 1.54) is 12.7 Å². The third-order valence-electron chi connectivity index (χ3n) is 3.47. The lowest BCUT2D eigenvalue weighted by atomic mass is 9.94. The van der Waals surface area contributed by atoms with Gasteiger partial charge >= 0.3 is 11.4 Å². The first-order valence-electron chi connectivity index (χ1n) is 6.54. The number of halogens is 1. The van der Waals surface area contributed by atoms with Crippen LogP contribution in [0.4, 0.5) is 4.79 Å². The number of rotatable bonds is 4. The van der Waals surface area contributed by atoms with Gasteiger partial charge in [-0.15, -0.1) is 0 Å². The summed E-state index contributed by atoms with van der Waals surface area (Å²) < 4.78 is 9.80. The SMILES string of the molecule is COC(=O)CCC1=CC(C)CC(OC(=O)Cl)C(C)C1. The Morgan fingerprint density at radius 2 is 2.11 bits per heavy atom. The quantitative estimate of drug-likeness (QED) is 0.450. The highest BCUT2D eigenvalue weighted by atomic mass is 35.5. The van der Waals surface area contributed by atoms with Crippen LogP contribution in [0.1, 0.15) is 39.5 Å². The van der Waals surface area contributed by atoms with Crippen LogP contribution in [0.5, 0.6) is 0 Å². The molecular weight excluding hydrogens is 268 g/mol. The number of esters is 1. The number of ether oxygens (including phenoxy) is 2. The molecule has 3 atom stereocenters. The number of allylic oxidation sites excluding steroid dienone is 2. The molecule has 108 valence electrons. The van der Waals surface area contributed by atoms with Crippen molar-refractivity contribution in [1.82, 2.24) is 0 Å². The van der Waals surface area contributed by atoms with Crippen LogP contribution in [0.3, 0.4) is 0 Å². The van der Waals surface area contributed by atoms with E-state index in [1.807, 2.05) is 6.92 Å². The molecule has 0 aromatic carbocycles. The van der Waals surface area contributed by atoms with Crippen molar-refractivity contribution in [3.63, 3.8) is 0 Å². The Balaban J connectivity index is 2.61. The molecule has 1 aliphatic carbocycles. The van der Waals surface area contributed by atoms with Crippen LogP contribution in [0, 0.1) is 11.8 Å². The highest BCUT2D eigenvalue weighted by Gasteiger charge is 2.26. The molecule has 1 aliphatic rings. The van der Waals surface area contributed by atoms with E-state index in [0.717, 1.165) is 12.8 Å². The third-order valence-corrected chi connectivity index (χ3v) is 3.55. The van der Waals surface area contributed by atoms with Crippen molar-refractivity contribution in [3.05, 3.63) is 11.6 Å². The molecule has 0 bridgehead atoms. The maximum absolute atomic E-state index is 11.2. The van der Waals surface area contributed by atoms with Crippen LogP contribution < -0.4 is 0 Å². The Kier molecular flexibility index (Phi) is 6.35. The molecule has 1 rings (SSSR count). The number of hydrogen-bond acceptors (Lipinski definition) is 4. The average Bonchev–Trinajstić information content (AvgIpc) is 2.45. The Bertz CT molecular complexity index is 364. The largest absolute Gasteiger partial charge is 0.469 e. The summed E-state index contributed by atoms with van der Waals surface area (Å²) in [6.07, 6.45) is 4.68. The van der Waals surface area contributed by atoms with Gasteiger partial charge in [0.05, 0.1) is 7.11 Å². The van der Waals surface area contributed by atoms with Gasteiger partial charge in [0.1, 0.15) is 6.10 Å². The predicted molar refractivity (Wildman–Crippen MR) is 73.0 cm³/mol. The van der Waals surface area contributed by atoms with Crippen molar-refractivity contribution in [3.8, 4) is 0 Å². The summed E-state index contributed by atoms with van der Waals surface area (Å²) in [4.78, 5) is 22.1. The zero-order valence-electron chi connectivity index (χ0n) is 11.6. The molecule has 0 radical (unpaired) electrons. The molecule has 0 amide bonds. The van der Waals surface area contributed by atoms with E-state index < -0.39 is 5.43 Å². The number of hydrogen-bond donors (Lipinski definition) is 0. The molecule has 5 heteroatoms. The van der Waals surface area contributed by atoms with Crippen molar-refractivity contribution >= 4 is 23.0 Å². The van der Waals surface area contributed by atoms with Crippen LogP contribution in [0.15, 0.2) is 11.6 Å². The first-order valence-corrected chi connectivity index (χ1v) is 6.92. The van der Waals surface area contributed by atoms with Crippen molar-refractivity contribution in [1.29, 1.82) is 0 Å². The minimum absolute atomic E-state index is 0.160.